The van der Waals surface area contributed by atoms with Crippen molar-refractivity contribution >= 4 is 39.4 Å². The number of thiazole rings is 2. The molecule has 0 aliphatic carbocycles. The average Bonchev–Trinajstić information content (AvgIpc) is 3.33. The number of hydrogen-bond donors (Lipinski definition) is 2. The number of rotatable bonds is 6. The van der Waals surface area contributed by atoms with Crippen LogP contribution < -0.4 is 10.2 Å². The molecule has 1 aliphatic heterocycles. The van der Waals surface area contributed by atoms with Crippen LogP contribution in [0.25, 0.3) is 10.6 Å². The molecule has 4 rings (SSSR count). The van der Waals surface area contributed by atoms with Crippen molar-refractivity contribution in [3.63, 3.8) is 0 Å². The third-order valence-corrected chi connectivity index (χ3v) is 6.77. The fourth-order valence-corrected chi connectivity index (χ4v) is 4.90. The summed E-state index contributed by atoms with van der Waals surface area (Å²) in [7, 11) is 0. The quantitative estimate of drug-likeness (QED) is 0.556. The Labute approximate surface area is 188 Å². The van der Waals surface area contributed by atoms with Crippen molar-refractivity contribution in [2.24, 2.45) is 5.92 Å². The lowest BCUT2D eigenvalue weighted by Gasteiger charge is -2.40. The molecular weight excluding hydrogens is 463 g/mol. The van der Waals surface area contributed by atoms with E-state index in [0.717, 1.165) is 12.1 Å². The molecule has 0 spiro atoms. The van der Waals surface area contributed by atoms with Gasteiger partial charge in [0.1, 0.15) is 5.01 Å². The van der Waals surface area contributed by atoms with Crippen molar-refractivity contribution in [3.8, 4) is 16.6 Å². The maximum Gasteiger partial charge on any atom is 0.416 e. The maximum absolute atomic E-state index is 12.7. The molecular formula is C20H16F3N5O2S2. The first-order chi connectivity index (χ1) is 15.3. The van der Waals surface area contributed by atoms with E-state index >= 15 is 0 Å². The lowest BCUT2D eigenvalue weighted by atomic mass is 9.98. The summed E-state index contributed by atoms with van der Waals surface area (Å²) in [6.07, 6.45) is -4.29. The Morgan fingerprint density at radius 2 is 2.00 bits per heavy atom. The number of carbonyl (C=O) groups excluding carboxylic acids is 1. The SMILES string of the molecule is N#CCc1nc(CO)sc1-c1csc(NC(=O)C2CN(c3ccc(C(F)(F)F)cc3)C2)n1. The molecule has 32 heavy (non-hydrogen) atoms. The molecule has 0 atom stereocenters. The standard InChI is InChI=1S/C20H16F3N5O2S2/c21-20(22,23)12-1-3-13(4-2-12)28-7-11(8-28)18(30)27-19-26-15(10-31-19)17-14(5-6-24)25-16(9-29)32-17/h1-4,10-11,29H,5,7-9H2,(H,26,27,30). The van der Waals surface area contributed by atoms with Gasteiger partial charge in [0.05, 0.1) is 46.8 Å². The second-order valence-corrected chi connectivity index (χ2v) is 8.99. The number of benzene rings is 1. The van der Waals surface area contributed by atoms with Crippen LogP contribution in [-0.2, 0) is 24.0 Å². The number of halogens is 3. The Bertz CT molecular complexity index is 1160. The van der Waals surface area contributed by atoms with Crippen molar-refractivity contribution in [1.82, 2.24) is 9.97 Å². The molecule has 0 saturated carbocycles. The molecule has 2 N–H and O–H groups in total. The minimum absolute atomic E-state index is 0.0902. The smallest absolute Gasteiger partial charge is 0.389 e. The monoisotopic (exact) mass is 479 g/mol. The van der Waals surface area contributed by atoms with E-state index in [2.05, 4.69) is 15.3 Å². The molecule has 3 aromatic rings. The van der Waals surface area contributed by atoms with Crippen LogP contribution in [-0.4, -0.2) is 34.1 Å². The lowest BCUT2D eigenvalue weighted by Crippen LogP contribution is -2.52. The topological polar surface area (TPSA) is 102 Å². The van der Waals surface area contributed by atoms with Gasteiger partial charge in [-0.05, 0) is 24.3 Å². The highest BCUT2D eigenvalue weighted by molar-refractivity contribution is 7.17. The van der Waals surface area contributed by atoms with E-state index in [4.69, 9.17) is 5.26 Å². The van der Waals surface area contributed by atoms with Crippen LogP contribution in [0.2, 0.25) is 0 Å². The molecule has 3 heterocycles. The Kier molecular flexibility index (Phi) is 6.14. The van der Waals surface area contributed by atoms with Crippen LogP contribution in [0.1, 0.15) is 16.3 Å². The molecule has 1 aromatic carbocycles. The molecule has 1 saturated heterocycles. The summed E-state index contributed by atoms with van der Waals surface area (Å²) in [5, 5.41) is 23.7. The normalized spacial score (nSPS) is 14.2. The Balaban J connectivity index is 1.36. The van der Waals surface area contributed by atoms with Crippen molar-refractivity contribution in [2.45, 2.75) is 19.2 Å². The van der Waals surface area contributed by atoms with E-state index in [0.29, 0.717) is 45.2 Å². The number of nitrogens with zero attached hydrogens (tertiary/aromatic N) is 4. The van der Waals surface area contributed by atoms with E-state index in [1.807, 2.05) is 11.0 Å². The predicted molar refractivity (Wildman–Crippen MR) is 114 cm³/mol. The first kappa shape index (κ1) is 22.2. The maximum atomic E-state index is 12.7. The number of aromatic nitrogens is 2. The summed E-state index contributed by atoms with van der Waals surface area (Å²) in [4.78, 5) is 23.7. The van der Waals surface area contributed by atoms with E-state index in [9.17, 15) is 23.1 Å². The van der Waals surface area contributed by atoms with Gasteiger partial charge in [0.15, 0.2) is 5.13 Å². The zero-order valence-corrected chi connectivity index (χ0v) is 18.0. The first-order valence-electron chi connectivity index (χ1n) is 9.44. The van der Waals surface area contributed by atoms with Crippen LogP contribution in [0.15, 0.2) is 29.6 Å². The fraction of sp³-hybridized carbons (Fsp3) is 0.300. The molecule has 1 aliphatic rings. The molecule has 0 unspecified atom stereocenters. The largest absolute Gasteiger partial charge is 0.416 e. The number of hydrogen-bond acceptors (Lipinski definition) is 8. The number of aliphatic hydroxyl groups is 1. The van der Waals surface area contributed by atoms with Crippen molar-refractivity contribution in [1.29, 1.82) is 5.26 Å². The van der Waals surface area contributed by atoms with Crippen LogP contribution in [0.5, 0.6) is 0 Å². The predicted octanol–water partition coefficient (Wildman–Crippen LogP) is 3.92. The number of aliphatic hydroxyl groups excluding tert-OH is 1. The van der Waals surface area contributed by atoms with Gasteiger partial charge >= 0.3 is 6.18 Å². The van der Waals surface area contributed by atoms with Crippen LogP contribution in [0, 0.1) is 17.2 Å². The Morgan fingerprint density at radius 3 is 2.62 bits per heavy atom. The van der Waals surface area contributed by atoms with Gasteiger partial charge in [-0.25, -0.2) is 9.97 Å². The number of anilines is 2. The highest BCUT2D eigenvalue weighted by Crippen LogP contribution is 2.34. The summed E-state index contributed by atoms with van der Waals surface area (Å²) in [5.41, 5.74) is 1.04. The molecule has 0 radical (unpaired) electrons. The summed E-state index contributed by atoms with van der Waals surface area (Å²) in [6.45, 7) is 0.570. The van der Waals surface area contributed by atoms with E-state index < -0.39 is 11.7 Å². The number of carbonyl (C=O) groups is 1. The van der Waals surface area contributed by atoms with Crippen LogP contribution in [0.3, 0.4) is 0 Å². The van der Waals surface area contributed by atoms with Gasteiger partial charge in [0.25, 0.3) is 0 Å². The Hall–Kier alpha value is -3.01. The Morgan fingerprint density at radius 1 is 1.28 bits per heavy atom. The zero-order valence-electron chi connectivity index (χ0n) is 16.4. The van der Waals surface area contributed by atoms with Gasteiger partial charge in [0.2, 0.25) is 5.91 Å². The first-order valence-corrected chi connectivity index (χ1v) is 11.1. The average molecular weight is 480 g/mol. The summed E-state index contributed by atoms with van der Waals surface area (Å²) in [5.74, 6) is -0.519. The minimum atomic E-state index is -4.38. The summed E-state index contributed by atoms with van der Waals surface area (Å²) >= 11 is 2.49. The second-order valence-electron chi connectivity index (χ2n) is 7.05. The third kappa shape index (κ3) is 4.59. The highest BCUT2D eigenvalue weighted by atomic mass is 32.1. The fourth-order valence-electron chi connectivity index (χ4n) is 3.22. The van der Waals surface area contributed by atoms with Crippen molar-refractivity contribution in [2.75, 3.05) is 23.3 Å². The van der Waals surface area contributed by atoms with Gasteiger partial charge in [-0.1, -0.05) is 0 Å². The lowest BCUT2D eigenvalue weighted by molar-refractivity contribution is -0.137. The van der Waals surface area contributed by atoms with Gasteiger partial charge in [-0.3, -0.25) is 4.79 Å². The summed E-state index contributed by atoms with van der Waals surface area (Å²) in [6, 6.07) is 6.90. The summed E-state index contributed by atoms with van der Waals surface area (Å²) < 4.78 is 38.0. The van der Waals surface area contributed by atoms with Crippen LogP contribution in [0.4, 0.5) is 24.0 Å². The highest BCUT2D eigenvalue weighted by Gasteiger charge is 2.34. The van der Waals surface area contributed by atoms with E-state index in [-0.39, 0.29) is 24.9 Å². The minimum Gasteiger partial charge on any atom is -0.389 e. The molecule has 1 amide bonds. The third-order valence-electron chi connectivity index (χ3n) is 4.90. The number of nitriles is 1. The van der Waals surface area contributed by atoms with E-state index in [1.54, 1.807) is 5.38 Å². The molecule has 166 valence electrons. The second kappa shape index (κ2) is 8.85. The van der Waals surface area contributed by atoms with Gasteiger partial charge < -0.3 is 15.3 Å². The molecule has 12 heteroatoms. The van der Waals surface area contributed by atoms with Crippen LogP contribution >= 0.6 is 22.7 Å². The van der Waals surface area contributed by atoms with Crippen molar-refractivity contribution < 1.29 is 23.1 Å². The molecule has 0 bridgehead atoms. The molecule has 2 aromatic heterocycles. The number of nitrogens with one attached hydrogen (secondary N) is 1. The molecule has 1 fully saturated rings. The zero-order chi connectivity index (χ0) is 22.9. The van der Waals surface area contributed by atoms with Gasteiger partial charge in [0, 0.05) is 24.2 Å². The molecule has 7 nitrogen and oxygen atoms in total. The van der Waals surface area contributed by atoms with Gasteiger partial charge in [-0.15, -0.1) is 22.7 Å². The number of alkyl halides is 3. The van der Waals surface area contributed by atoms with Crippen molar-refractivity contribution in [3.05, 3.63) is 45.9 Å². The van der Waals surface area contributed by atoms with E-state index in [1.165, 1.54) is 34.8 Å². The van der Waals surface area contributed by atoms with Gasteiger partial charge in [-0.2, -0.15) is 18.4 Å². The number of amides is 1.